The van der Waals surface area contributed by atoms with Gasteiger partial charge in [0, 0.05) is 18.4 Å². The number of anilines is 1. The predicted molar refractivity (Wildman–Crippen MR) is 76.1 cm³/mol. The normalized spacial score (nSPS) is 11.5. The first-order chi connectivity index (χ1) is 8.96. The summed E-state index contributed by atoms with van der Waals surface area (Å²) in [6.07, 6.45) is 1.66. The van der Waals surface area contributed by atoms with E-state index in [-0.39, 0.29) is 5.78 Å². The van der Waals surface area contributed by atoms with Gasteiger partial charge in [-0.3, -0.25) is 9.48 Å². The Morgan fingerprint density at radius 3 is 2.47 bits per heavy atom. The van der Waals surface area contributed by atoms with E-state index >= 15 is 0 Å². The van der Waals surface area contributed by atoms with E-state index in [0.29, 0.717) is 17.9 Å². The fourth-order valence-electron chi connectivity index (χ4n) is 2.13. The number of benzene rings is 1. The molecule has 100 valence electrons. The number of ketones is 1. The van der Waals surface area contributed by atoms with Gasteiger partial charge < -0.3 is 5.73 Å². The first kappa shape index (κ1) is 13.3. The molecule has 2 rings (SSSR count). The Kier molecular flexibility index (Phi) is 3.42. The van der Waals surface area contributed by atoms with Gasteiger partial charge in [0.25, 0.3) is 0 Å². The SMILES string of the molecule is CCn1nccc1C(=O)C(C)(C)c1ccc(N)cc1. The zero-order chi connectivity index (χ0) is 14.0. The van der Waals surface area contributed by atoms with Crippen LogP contribution in [0.2, 0.25) is 0 Å². The summed E-state index contributed by atoms with van der Waals surface area (Å²) in [7, 11) is 0. The zero-order valence-corrected chi connectivity index (χ0v) is 11.6. The molecule has 0 amide bonds. The van der Waals surface area contributed by atoms with E-state index in [1.165, 1.54) is 0 Å². The maximum atomic E-state index is 12.7. The molecule has 0 aliphatic carbocycles. The summed E-state index contributed by atoms with van der Waals surface area (Å²) in [5, 5.41) is 4.15. The Labute approximate surface area is 113 Å². The second-order valence-corrected chi connectivity index (χ2v) is 5.11. The summed E-state index contributed by atoms with van der Waals surface area (Å²) < 4.78 is 1.72. The van der Waals surface area contributed by atoms with Crippen molar-refractivity contribution in [2.75, 3.05) is 5.73 Å². The van der Waals surface area contributed by atoms with Crippen LogP contribution >= 0.6 is 0 Å². The lowest BCUT2D eigenvalue weighted by Crippen LogP contribution is -2.31. The third kappa shape index (κ3) is 2.38. The number of carbonyl (C=O) groups is 1. The number of nitrogens with zero attached hydrogens (tertiary/aromatic N) is 2. The summed E-state index contributed by atoms with van der Waals surface area (Å²) in [6.45, 7) is 6.51. The topological polar surface area (TPSA) is 60.9 Å². The summed E-state index contributed by atoms with van der Waals surface area (Å²) in [5.74, 6) is 0.0663. The predicted octanol–water partition coefficient (Wildman–Crippen LogP) is 2.65. The van der Waals surface area contributed by atoms with Crippen molar-refractivity contribution in [1.82, 2.24) is 9.78 Å². The van der Waals surface area contributed by atoms with Crippen molar-refractivity contribution in [3.63, 3.8) is 0 Å². The van der Waals surface area contributed by atoms with Crippen LogP contribution < -0.4 is 5.73 Å². The molecule has 1 heterocycles. The molecule has 0 fully saturated rings. The molecule has 0 saturated carbocycles. The van der Waals surface area contributed by atoms with Gasteiger partial charge >= 0.3 is 0 Å². The van der Waals surface area contributed by atoms with E-state index in [4.69, 9.17) is 5.73 Å². The number of aromatic nitrogens is 2. The molecule has 4 heteroatoms. The van der Waals surface area contributed by atoms with Gasteiger partial charge in [-0.25, -0.2) is 0 Å². The van der Waals surface area contributed by atoms with E-state index in [0.717, 1.165) is 5.56 Å². The molecule has 0 atom stereocenters. The van der Waals surface area contributed by atoms with Gasteiger partial charge in [-0.2, -0.15) is 5.10 Å². The van der Waals surface area contributed by atoms with Crippen LogP contribution in [0.25, 0.3) is 0 Å². The van der Waals surface area contributed by atoms with Crippen molar-refractivity contribution in [2.24, 2.45) is 0 Å². The molecule has 0 radical (unpaired) electrons. The minimum Gasteiger partial charge on any atom is -0.399 e. The van der Waals surface area contributed by atoms with Gasteiger partial charge in [0.15, 0.2) is 5.78 Å². The molecule has 0 unspecified atom stereocenters. The van der Waals surface area contributed by atoms with Crippen molar-refractivity contribution >= 4 is 11.5 Å². The largest absolute Gasteiger partial charge is 0.399 e. The molecule has 19 heavy (non-hydrogen) atoms. The highest BCUT2D eigenvalue weighted by Gasteiger charge is 2.32. The lowest BCUT2D eigenvalue weighted by Gasteiger charge is -2.24. The lowest BCUT2D eigenvalue weighted by atomic mass is 9.79. The number of nitrogens with two attached hydrogens (primary N) is 1. The first-order valence-corrected chi connectivity index (χ1v) is 6.39. The van der Waals surface area contributed by atoms with Crippen molar-refractivity contribution in [2.45, 2.75) is 32.7 Å². The Balaban J connectivity index is 2.39. The number of hydrogen-bond donors (Lipinski definition) is 1. The zero-order valence-electron chi connectivity index (χ0n) is 11.6. The Bertz CT molecular complexity index is 582. The molecule has 0 spiro atoms. The molecule has 0 saturated heterocycles. The highest BCUT2D eigenvalue weighted by Crippen LogP contribution is 2.28. The van der Waals surface area contributed by atoms with Crippen LogP contribution in [-0.2, 0) is 12.0 Å². The highest BCUT2D eigenvalue weighted by molar-refractivity contribution is 6.02. The summed E-state index contributed by atoms with van der Waals surface area (Å²) >= 11 is 0. The number of rotatable bonds is 4. The van der Waals surface area contributed by atoms with Crippen LogP contribution in [0.1, 0.15) is 36.8 Å². The van der Waals surface area contributed by atoms with Gasteiger partial charge in [0.2, 0.25) is 0 Å². The van der Waals surface area contributed by atoms with Gasteiger partial charge in [0.05, 0.1) is 5.41 Å². The smallest absolute Gasteiger partial charge is 0.190 e. The summed E-state index contributed by atoms with van der Waals surface area (Å²) in [5.41, 5.74) is 7.39. The van der Waals surface area contributed by atoms with Gasteiger partial charge in [0.1, 0.15) is 5.69 Å². The van der Waals surface area contributed by atoms with Crippen LogP contribution in [-0.4, -0.2) is 15.6 Å². The van der Waals surface area contributed by atoms with Crippen LogP contribution in [0.5, 0.6) is 0 Å². The Morgan fingerprint density at radius 2 is 1.89 bits per heavy atom. The molecular weight excluding hydrogens is 238 g/mol. The molecule has 1 aromatic heterocycles. The van der Waals surface area contributed by atoms with Crippen molar-refractivity contribution in [3.05, 3.63) is 47.8 Å². The molecule has 0 aliphatic rings. The van der Waals surface area contributed by atoms with E-state index in [9.17, 15) is 4.79 Å². The molecular formula is C15H19N3O. The van der Waals surface area contributed by atoms with Crippen LogP contribution in [0, 0.1) is 0 Å². The van der Waals surface area contributed by atoms with Gasteiger partial charge in [-0.1, -0.05) is 12.1 Å². The third-order valence-corrected chi connectivity index (χ3v) is 3.45. The van der Waals surface area contributed by atoms with Crippen molar-refractivity contribution in [3.8, 4) is 0 Å². The molecule has 0 aliphatic heterocycles. The number of carbonyl (C=O) groups excluding carboxylic acids is 1. The quantitative estimate of drug-likeness (QED) is 0.676. The minimum absolute atomic E-state index is 0.0663. The van der Waals surface area contributed by atoms with E-state index in [1.54, 1.807) is 16.9 Å². The fourth-order valence-corrected chi connectivity index (χ4v) is 2.13. The number of hydrogen-bond acceptors (Lipinski definition) is 3. The molecule has 2 N–H and O–H groups in total. The van der Waals surface area contributed by atoms with Crippen LogP contribution in [0.15, 0.2) is 36.5 Å². The summed E-state index contributed by atoms with van der Waals surface area (Å²) in [4.78, 5) is 12.7. The van der Waals surface area contributed by atoms with Crippen molar-refractivity contribution < 1.29 is 4.79 Å². The van der Waals surface area contributed by atoms with E-state index < -0.39 is 5.41 Å². The second-order valence-electron chi connectivity index (χ2n) is 5.11. The molecule has 1 aromatic carbocycles. The molecule has 0 bridgehead atoms. The average Bonchev–Trinajstić information content (AvgIpc) is 2.86. The minimum atomic E-state index is -0.597. The van der Waals surface area contributed by atoms with Crippen molar-refractivity contribution in [1.29, 1.82) is 0 Å². The Hall–Kier alpha value is -2.10. The fraction of sp³-hybridized carbons (Fsp3) is 0.333. The average molecular weight is 257 g/mol. The maximum absolute atomic E-state index is 12.7. The number of Topliss-reactive ketones (excluding diaryl/α,β-unsaturated/α-hetero) is 1. The molecule has 2 aromatic rings. The van der Waals surface area contributed by atoms with Gasteiger partial charge in [-0.05, 0) is 44.5 Å². The van der Waals surface area contributed by atoms with E-state index in [1.807, 2.05) is 45.0 Å². The maximum Gasteiger partial charge on any atom is 0.190 e. The standard InChI is InChI=1S/C15H19N3O/c1-4-18-13(9-10-17-18)14(19)15(2,3)11-5-7-12(16)8-6-11/h5-10H,4,16H2,1-3H3. The Morgan fingerprint density at radius 1 is 1.26 bits per heavy atom. The number of aryl methyl sites for hydroxylation is 1. The molecule has 4 nitrogen and oxygen atoms in total. The lowest BCUT2D eigenvalue weighted by molar-refractivity contribution is 0.0897. The summed E-state index contributed by atoms with van der Waals surface area (Å²) in [6, 6.07) is 9.22. The third-order valence-electron chi connectivity index (χ3n) is 3.45. The van der Waals surface area contributed by atoms with Gasteiger partial charge in [-0.15, -0.1) is 0 Å². The van der Waals surface area contributed by atoms with Crippen LogP contribution in [0.3, 0.4) is 0 Å². The highest BCUT2D eigenvalue weighted by atomic mass is 16.1. The van der Waals surface area contributed by atoms with E-state index in [2.05, 4.69) is 5.10 Å². The monoisotopic (exact) mass is 257 g/mol. The second kappa shape index (κ2) is 4.88. The van der Waals surface area contributed by atoms with Crippen LogP contribution in [0.4, 0.5) is 5.69 Å². The number of nitrogen functional groups attached to an aromatic ring is 1. The first-order valence-electron chi connectivity index (χ1n) is 6.39.